The molecule has 4 aromatic rings. The molecule has 0 bridgehead atoms. The lowest BCUT2D eigenvalue weighted by molar-refractivity contribution is -0.137. The molecule has 2 aromatic heterocycles. The Hall–Kier alpha value is -6.10. The van der Waals surface area contributed by atoms with Gasteiger partial charge in [0.1, 0.15) is 25.0 Å². The molecule has 18 nitrogen and oxygen atoms in total. The second-order valence-corrected chi connectivity index (χ2v) is 14.7. The Bertz CT molecular complexity index is 2510. The maximum Gasteiger partial charge on any atom is 0.333 e. The summed E-state index contributed by atoms with van der Waals surface area (Å²) in [6.07, 6.45) is 1.35. The van der Waals surface area contributed by atoms with Crippen LogP contribution in [0.5, 0.6) is 5.75 Å². The molecule has 1 fully saturated rings. The summed E-state index contributed by atoms with van der Waals surface area (Å²) in [5.74, 6) is 4.68. The zero-order chi connectivity index (χ0) is 39.4. The van der Waals surface area contributed by atoms with Crippen molar-refractivity contribution >= 4 is 50.3 Å². The summed E-state index contributed by atoms with van der Waals surface area (Å²) in [5.41, 5.74) is 0.514. The Labute approximate surface area is 313 Å². The van der Waals surface area contributed by atoms with Crippen LogP contribution < -0.4 is 26.6 Å². The molecule has 0 radical (unpaired) electrons. The number of carbonyl (C=O) groups is 4. The van der Waals surface area contributed by atoms with Crippen LogP contribution >= 0.6 is 0 Å². The summed E-state index contributed by atoms with van der Waals surface area (Å²) in [7, 11) is -1.09. The van der Waals surface area contributed by atoms with Crippen molar-refractivity contribution in [2.24, 2.45) is 14.1 Å². The molecule has 2 N–H and O–H groups in total. The van der Waals surface area contributed by atoms with Crippen LogP contribution in [0.3, 0.4) is 0 Å². The number of aromatic nitrogens is 4. The van der Waals surface area contributed by atoms with Crippen LogP contribution in [0.15, 0.2) is 57.2 Å². The third-order valence-corrected chi connectivity index (χ3v) is 9.94. The lowest BCUT2D eigenvalue weighted by Gasteiger charge is -2.29. The number of imide groups is 1. The smallest absolute Gasteiger partial charge is 0.333 e. The van der Waals surface area contributed by atoms with Gasteiger partial charge in [-0.2, -0.15) is 4.98 Å². The van der Waals surface area contributed by atoms with E-state index in [0.29, 0.717) is 28.1 Å². The Balaban J connectivity index is 0.931. The van der Waals surface area contributed by atoms with Crippen molar-refractivity contribution < 1.29 is 41.8 Å². The molecule has 1 unspecified atom stereocenters. The molecule has 6 rings (SSSR count). The van der Waals surface area contributed by atoms with Crippen LogP contribution in [0, 0.1) is 11.8 Å². The highest BCUT2D eigenvalue weighted by atomic mass is 32.2. The van der Waals surface area contributed by atoms with Crippen LogP contribution in [0.2, 0.25) is 0 Å². The van der Waals surface area contributed by atoms with E-state index in [1.165, 1.54) is 19.0 Å². The van der Waals surface area contributed by atoms with Crippen LogP contribution in [0.1, 0.15) is 34.3 Å². The summed E-state index contributed by atoms with van der Waals surface area (Å²) in [4.78, 5) is 80.6. The second kappa shape index (κ2) is 16.1. The highest BCUT2D eigenvalue weighted by molar-refractivity contribution is 7.90. The summed E-state index contributed by atoms with van der Waals surface area (Å²) in [6.45, 7) is 0.465. The van der Waals surface area contributed by atoms with E-state index in [9.17, 15) is 37.2 Å². The van der Waals surface area contributed by atoms with Gasteiger partial charge in [0, 0.05) is 55.7 Å². The van der Waals surface area contributed by atoms with Crippen molar-refractivity contribution in [3.8, 4) is 17.6 Å². The Morgan fingerprint density at radius 2 is 1.75 bits per heavy atom. The van der Waals surface area contributed by atoms with Crippen molar-refractivity contribution in [3.63, 3.8) is 0 Å². The van der Waals surface area contributed by atoms with E-state index in [-0.39, 0.29) is 87.1 Å². The molecular weight excluding hydrogens is 739 g/mol. The Kier molecular flexibility index (Phi) is 11.3. The number of nitrogens with one attached hydrogen (secondary N) is 2. The molecule has 55 heavy (non-hydrogen) atoms. The van der Waals surface area contributed by atoms with Crippen molar-refractivity contribution in [2.45, 2.75) is 37.1 Å². The first-order valence-corrected chi connectivity index (χ1v) is 18.9. The van der Waals surface area contributed by atoms with Crippen molar-refractivity contribution in [3.05, 3.63) is 80.0 Å². The van der Waals surface area contributed by atoms with E-state index in [1.807, 2.05) is 0 Å². The molecule has 4 amide bonds. The molecule has 0 aliphatic carbocycles. The largest absolute Gasteiger partial charge is 0.491 e. The predicted molar refractivity (Wildman–Crippen MR) is 195 cm³/mol. The third kappa shape index (κ3) is 8.36. The number of aryl methyl sites for hydroxylation is 1. The Morgan fingerprint density at radius 1 is 1.00 bits per heavy atom. The first-order chi connectivity index (χ1) is 26.2. The van der Waals surface area contributed by atoms with Gasteiger partial charge in [0.05, 0.1) is 26.4 Å². The summed E-state index contributed by atoms with van der Waals surface area (Å²) < 4.78 is 44.3. The van der Waals surface area contributed by atoms with Crippen LogP contribution in [-0.4, -0.2) is 101 Å². The molecule has 19 heteroatoms. The molecule has 1 saturated heterocycles. The minimum absolute atomic E-state index is 0.0349. The molecule has 4 heterocycles. The lowest BCUT2D eigenvalue weighted by atomic mass is 10.0. The molecule has 0 saturated carbocycles. The van der Waals surface area contributed by atoms with Gasteiger partial charge in [-0.1, -0.05) is 24.0 Å². The van der Waals surface area contributed by atoms with Crippen molar-refractivity contribution in [2.75, 3.05) is 44.6 Å². The van der Waals surface area contributed by atoms with E-state index in [2.05, 4.69) is 27.5 Å². The van der Waals surface area contributed by atoms with E-state index in [4.69, 9.17) is 14.2 Å². The fraction of sp³-hybridized carbons (Fsp3) is 0.361. The maximum absolute atomic E-state index is 13.0. The second-order valence-electron chi connectivity index (χ2n) is 12.8. The standard InChI is InChI=1S/C36H37N7O11S/c1-40-30-31(39-35(40)55(3,50)51)42(36(49)41(2)34(30)48)14-6-8-22-7-4-9-23(19-22)54-18-17-52-15-16-53-21-29(45)37-26-11-5-10-24-25(26)20-43(33(24)47)27-12-13-28(44)38-32(27)46/h4-5,7,9-11,19,27H,12-18,20-21H2,1-3H3,(H,37,45)(H,38,44,46). The van der Waals surface area contributed by atoms with Crippen LogP contribution in [-0.2, 0) is 60.9 Å². The van der Waals surface area contributed by atoms with E-state index < -0.39 is 38.9 Å². The SMILES string of the molecule is Cn1c(=O)c2c(nc(S(C)(=O)=O)n2C)n(CC#Cc2cccc(OCCOCCOCC(=O)Nc3cccc4c3CN(C3CCC(=O)NC3=O)C4=O)c2)c1=O. The van der Waals surface area contributed by atoms with Gasteiger partial charge in [0.2, 0.25) is 32.7 Å². The number of hydrogen-bond acceptors (Lipinski definition) is 12. The number of hydrogen-bond donors (Lipinski definition) is 2. The average Bonchev–Trinajstić information content (AvgIpc) is 3.67. The van der Waals surface area contributed by atoms with Gasteiger partial charge in [-0.15, -0.1) is 0 Å². The molecule has 2 aliphatic heterocycles. The van der Waals surface area contributed by atoms with Gasteiger partial charge in [-0.3, -0.25) is 38.4 Å². The molecular formula is C36H37N7O11S. The number of sulfone groups is 1. The van der Waals surface area contributed by atoms with Gasteiger partial charge < -0.3 is 29.0 Å². The number of carbonyl (C=O) groups excluding carboxylic acids is 4. The normalized spacial score (nSPS) is 15.4. The predicted octanol–water partition coefficient (Wildman–Crippen LogP) is -0.299. The van der Waals surface area contributed by atoms with Crippen molar-refractivity contribution in [1.82, 2.24) is 28.9 Å². The zero-order valence-corrected chi connectivity index (χ0v) is 30.9. The average molecular weight is 776 g/mol. The van der Waals surface area contributed by atoms with Gasteiger partial charge >= 0.3 is 5.69 Å². The van der Waals surface area contributed by atoms with Gasteiger partial charge in [0.15, 0.2) is 11.2 Å². The first kappa shape index (κ1) is 38.6. The van der Waals surface area contributed by atoms with E-state index in [1.54, 1.807) is 42.5 Å². The molecule has 1 atom stereocenters. The zero-order valence-electron chi connectivity index (χ0n) is 30.1. The minimum atomic E-state index is -3.78. The Morgan fingerprint density at radius 3 is 2.51 bits per heavy atom. The molecule has 2 aromatic carbocycles. The van der Waals surface area contributed by atoms with Crippen LogP contribution in [0.4, 0.5) is 5.69 Å². The number of rotatable bonds is 13. The number of piperidine rings is 1. The van der Waals surface area contributed by atoms with E-state index >= 15 is 0 Å². The van der Waals surface area contributed by atoms with Gasteiger partial charge in [-0.25, -0.2) is 13.2 Å². The number of anilines is 1. The fourth-order valence-corrected chi connectivity index (χ4v) is 7.10. The fourth-order valence-electron chi connectivity index (χ4n) is 6.26. The molecule has 288 valence electrons. The highest BCUT2D eigenvalue weighted by Crippen LogP contribution is 2.32. The van der Waals surface area contributed by atoms with Crippen molar-refractivity contribution in [1.29, 1.82) is 0 Å². The number of amides is 4. The summed E-state index contributed by atoms with van der Waals surface area (Å²) >= 11 is 0. The van der Waals surface area contributed by atoms with E-state index in [0.717, 1.165) is 20.0 Å². The van der Waals surface area contributed by atoms with Gasteiger partial charge in [0.25, 0.3) is 11.5 Å². The lowest BCUT2D eigenvalue weighted by Crippen LogP contribution is -2.52. The topological polar surface area (TPSA) is 219 Å². The number of nitrogens with zero attached hydrogens (tertiary/aromatic N) is 5. The number of benzene rings is 2. The first-order valence-electron chi connectivity index (χ1n) is 17.0. The summed E-state index contributed by atoms with van der Waals surface area (Å²) in [5, 5.41) is 4.69. The maximum atomic E-state index is 13.0. The highest BCUT2D eigenvalue weighted by Gasteiger charge is 2.40. The monoisotopic (exact) mass is 775 g/mol. The van der Waals surface area contributed by atoms with Crippen LogP contribution in [0.25, 0.3) is 11.2 Å². The third-order valence-electron chi connectivity index (χ3n) is 8.91. The minimum Gasteiger partial charge on any atom is -0.491 e. The van der Waals surface area contributed by atoms with Gasteiger partial charge in [-0.05, 0) is 36.8 Å². The summed E-state index contributed by atoms with van der Waals surface area (Å²) in [6, 6.07) is 11.1. The molecule has 2 aliphatic rings. The number of imidazole rings is 1. The number of fused-ring (bicyclic) bond motifs is 2. The molecule has 0 spiro atoms. The number of ether oxygens (including phenoxy) is 3. The quantitative estimate of drug-likeness (QED) is 0.102.